The standard InChI is InChI=1S/C24H28N4O2/c1-3-24(2,30)23(29)25-18-13-15-28(16-14-18)22-19-11-7-8-12-20(19)26-21(27-22)17-9-5-4-6-10-17/h4-12,18,30H,3,13-16H2,1-2H3,(H,25,29). The SMILES string of the molecule is CCC(C)(O)C(=O)NC1CCN(c2nc(-c3ccccc3)nc3ccccc23)CC1. The summed E-state index contributed by atoms with van der Waals surface area (Å²) in [6, 6.07) is 18.2. The van der Waals surface area contributed by atoms with Crippen LogP contribution in [0.5, 0.6) is 0 Å². The van der Waals surface area contributed by atoms with Crippen molar-refractivity contribution >= 4 is 22.6 Å². The third-order valence-corrected chi connectivity index (χ3v) is 5.92. The second-order valence-electron chi connectivity index (χ2n) is 8.12. The molecule has 1 aromatic heterocycles. The predicted octanol–water partition coefficient (Wildman–Crippen LogP) is 3.54. The number of nitrogens with zero attached hydrogens (tertiary/aromatic N) is 3. The monoisotopic (exact) mass is 404 g/mol. The number of anilines is 1. The molecule has 4 rings (SSSR count). The molecule has 156 valence electrons. The number of nitrogens with one attached hydrogen (secondary N) is 1. The summed E-state index contributed by atoms with van der Waals surface area (Å²) in [6.45, 7) is 4.95. The molecule has 1 amide bonds. The first-order valence-corrected chi connectivity index (χ1v) is 10.6. The van der Waals surface area contributed by atoms with Gasteiger partial charge in [0.25, 0.3) is 5.91 Å². The molecule has 1 fully saturated rings. The van der Waals surface area contributed by atoms with Gasteiger partial charge in [0.15, 0.2) is 5.82 Å². The number of rotatable bonds is 5. The molecule has 0 radical (unpaired) electrons. The Morgan fingerprint density at radius 3 is 2.47 bits per heavy atom. The second kappa shape index (κ2) is 8.40. The van der Waals surface area contributed by atoms with Crippen molar-refractivity contribution in [1.82, 2.24) is 15.3 Å². The molecule has 6 heteroatoms. The molecule has 3 aromatic rings. The topological polar surface area (TPSA) is 78.4 Å². The number of para-hydroxylation sites is 1. The lowest BCUT2D eigenvalue weighted by molar-refractivity contribution is -0.139. The quantitative estimate of drug-likeness (QED) is 0.680. The van der Waals surface area contributed by atoms with Gasteiger partial charge in [-0.1, -0.05) is 49.4 Å². The molecule has 1 unspecified atom stereocenters. The van der Waals surface area contributed by atoms with Crippen LogP contribution in [0.1, 0.15) is 33.1 Å². The molecule has 30 heavy (non-hydrogen) atoms. The number of piperidine rings is 1. The number of hydrogen-bond donors (Lipinski definition) is 2. The van der Waals surface area contributed by atoms with Crippen molar-refractivity contribution in [3.8, 4) is 11.4 Å². The number of fused-ring (bicyclic) bond motifs is 1. The Hall–Kier alpha value is -2.99. The van der Waals surface area contributed by atoms with Crippen LogP contribution in [-0.4, -0.2) is 45.7 Å². The Bertz CT molecular complexity index is 1030. The predicted molar refractivity (Wildman–Crippen MR) is 119 cm³/mol. The summed E-state index contributed by atoms with van der Waals surface area (Å²) in [6.07, 6.45) is 2.02. The molecule has 1 saturated heterocycles. The lowest BCUT2D eigenvalue weighted by atomic mass is 9.99. The van der Waals surface area contributed by atoms with E-state index in [1.165, 1.54) is 0 Å². The molecule has 2 heterocycles. The zero-order chi connectivity index (χ0) is 21.1. The molecule has 0 bridgehead atoms. The summed E-state index contributed by atoms with van der Waals surface area (Å²) in [5.74, 6) is 1.37. The first-order chi connectivity index (χ1) is 14.5. The van der Waals surface area contributed by atoms with Gasteiger partial charge in [0.05, 0.1) is 5.52 Å². The smallest absolute Gasteiger partial charge is 0.251 e. The van der Waals surface area contributed by atoms with Gasteiger partial charge >= 0.3 is 0 Å². The number of carbonyl (C=O) groups is 1. The van der Waals surface area contributed by atoms with E-state index in [0.717, 1.165) is 54.0 Å². The molecule has 2 N–H and O–H groups in total. The molecule has 1 atom stereocenters. The van der Waals surface area contributed by atoms with Crippen LogP contribution >= 0.6 is 0 Å². The van der Waals surface area contributed by atoms with Gasteiger partial charge in [-0.15, -0.1) is 0 Å². The van der Waals surface area contributed by atoms with Crippen molar-refractivity contribution in [2.24, 2.45) is 0 Å². The average Bonchev–Trinajstić information content (AvgIpc) is 2.79. The fourth-order valence-electron chi connectivity index (χ4n) is 3.75. The average molecular weight is 405 g/mol. The first kappa shape index (κ1) is 20.3. The van der Waals surface area contributed by atoms with E-state index < -0.39 is 5.60 Å². The molecule has 2 aromatic carbocycles. The van der Waals surface area contributed by atoms with Gasteiger partial charge in [0.1, 0.15) is 11.4 Å². The van der Waals surface area contributed by atoms with E-state index in [-0.39, 0.29) is 11.9 Å². The summed E-state index contributed by atoms with van der Waals surface area (Å²) in [5, 5.41) is 14.2. The number of carbonyl (C=O) groups excluding carboxylic acids is 1. The van der Waals surface area contributed by atoms with E-state index in [1.54, 1.807) is 6.92 Å². The maximum Gasteiger partial charge on any atom is 0.251 e. The van der Waals surface area contributed by atoms with Crippen LogP contribution in [0.25, 0.3) is 22.3 Å². The van der Waals surface area contributed by atoms with Crippen LogP contribution < -0.4 is 10.2 Å². The zero-order valence-corrected chi connectivity index (χ0v) is 17.5. The molecule has 6 nitrogen and oxygen atoms in total. The van der Waals surface area contributed by atoms with Gasteiger partial charge in [-0.05, 0) is 38.3 Å². The van der Waals surface area contributed by atoms with Gasteiger partial charge in [-0.3, -0.25) is 4.79 Å². The third-order valence-electron chi connectivity index (χ3n) is 5.92. The van der Waals surface area contributed by atoms with Crippen LogP contribution in [0.15, 0.2) is 54.6 Å². The van der Waals surface area contributed by atoms with E-state index in [2.05, 4.69) is 16.3 Å². The van der Waals surface area contributed by atoms with Crippen LogP contribution in [0, 0.1) is 0 Å². The van der Waals surface area contributed by atoms with Gasteiger partial charge < -0.3 is 15.3 Å². The van der Waals surface area contributed by atoms with E-state index in [9.17, 15) is 9.90 Å². The Morgan fingerprint density at radius 2 is 1.77 bits per heavy atom. The second-order valence-corrected chi connectivity index (χ2v) is 8.12. The van der Waals surface area contributed by atoms with E-state index in [4.69, 9.17) is 9.97 Å². The molecule has 0 spiro atoms. The molecule has 1 aliphatic heterocycles. The highest BCUT2D eigenvalue weighted by molar-refractivity contribution is 5.91. The maximum absolute atomic E-state index is 12.3. The van der Waals surface area contributed by atoms with Crippen LogP contribution in [0.3, 0.4) is 0 Å². The van der Waals surface area contributed by atoms with E-state index in [0.29, 0.717) is 6.42 Å². The minimum Gasteiger partial charge on any atom is -0.380 e. The van der Waals surface area contributed by atoms with E-state index >= 15 is 0 Å². The van der Waals surface area contributed by atoms with Crippen molar-refractivity contribution in [1.29, 1.82) is 0 Å². The van der Waals surface area contributed by atoms with Crippen molar-refractivity contribution in [3.63, 3.8) is 0 Å². The Labute approximate surface area is 177 Å². The molecular weight excluding hydrogens is 376 g/mol. The number of aromatic nitrogens is 2. The van der Waals surface area contributed by atoms with Crippen molar-refractivity contribution in [3.05, 3.63) is 54.6 Å². The maximum atomic E-state index is 12.3. The minimum atomic E-state index is -1.31. The molecule has 1 aliphatic rings. The van der Waals surface area contributed by atoms with Crippen molar-refractivity contribution in [2.75, 3.05) is 18.0 Å². The summed E-state index contributed by atoms with van der Waals surface area (Å²) in [4.78, 5) is 24.3. The van der Waals surface area contributed by atoms with Crippen molar-refractivity contribution < 1.29 is 9.90 Å². The number of amides is 1. The van der Waals surface area contributed by atoms with Gasteiger partial charge in [-0.25, -0.2) is 9.97 Å². The summed E-state index contributed by atoms with van der Waals surface area (Å²) in [7, 11) is 0. The normalized spacial score (nSPS) is 17.0. The molecule has 0 saturated carbocycles. The largest absolute Gasteiger partial charge is 0.380 e. The Morgan fingerprint density at radius 1 is 1.10 bits per heavy atom. The summed E-state index contributed by atoms with van der Waals surface area (Å²) >= 11 is 0. The van der Waals surface area contributed by atoms with Gasteiger partial charge in [-0.2, -0.15) is 0 Å². The van der Waals surface area contributed by atoms with Crippen LogP contribution in [0.4, 0.5) is 5.82 Å². The van der Waals surface area contributed by atoms with Gasteiger partial charge in [0.2, 0.25) is 0 Å². The van der Waals surface area contributed by atoms with Gasteiger partial charge in [0, 0.05) is 30.1 Å². The lowest BCUT2D eigenvalue weighted by Gasteiger charge is -2.35. The lowest BCUT2D eigenvalue weighted by Crippen LogP contribution is -2.51. The summed E-state index contributed by atoms with van der Waals surface area (Å²) in [5.41, 5.74) is 0.606. The summed E-state index contributed by atoms with van der Waals surface area (Å²) < 4.78 is 0. The highest BCUT2D eigenvalue weighted by Crippen LogP contribution is 2.29. The van der Waals surface area contributed by atoms with Crippen LogP contribution in [0.2, 0.25) is 0 Å². The highest BCUT2D eigenvalue weighted by Gasteiger charge is 2.31. The van der Waals surface area contributed by atoms with Crippen molar-refractivity contribution in [2.45, 2.75) is 44.8 Å². The minimum absolute atomic E-state index is 0.0634. The van der Waals surface area contributed by atoms with Crippen LogP contribution in [-0.2, 0) is 4.79 Å². The fourth-order valence-corrected chi connectivity index (χ4v) is 3.75. The molecule has 0 aliphatic carbocycles. The number of hydrogen-bond acceptors (Lipinski definition) is 5. The highest BCUT2D eigenvalue weighted by atomic mass is 16.3. The fraction of sp³-hybridized carbons (Fsp3) is 0.375. The van der Waals surface area contributed by atoms with E-state index in [1.807, 2.05) is 55.5 Å². The number of benzene rings is 2. The third kappa shape index (κ3) is 4.14. The first-order valence-electron chi connectivity index (χ1n) is 10.6. The number of aliphatic hydroxyl groups is 1. The zero-order valence-electron chi connectivity index (χ0n) is 17.5. The Balaban J connectivity index is 1.56. The molecular formula is C24H28N4O2. The Kier molecular flexibility index (Phi) is 5.68.